The van der Waals surface area contributed by atoms with Crippen LogP contribution in [0.4, 0.5) is 11.4 Å². The summed E-state index contributed by atoms with van der Waals surface area (Å²) in [5.41, 5.74) is 12.9. The monoisotopic (exact) mass is 722 g/mol. The minimum absolute atomic E-state index is 0.747. The van der Waals surface area contributed by atoms with Crippen molar-refractivity contribution in [1.82, 2.24) is 0 Å². The van der Waals surface area contributed by atoms with Crippen LogP contribution in [0.25, 0.3) is 0 Å². The maximum atomic E-state index is 6.47. The number of hydrogen-bond donors (Lipinski definition) is 2. The van der Waals surface area contributed by atoms with Crippen molar-refractivity contribution in [3.63, 3.8) is 0 Å². The molecule has 0 heterocycles. The fourth-order valence-corrected chi connectivity index (χ4v) is 31.2. The summed E-state index contributed by atoms with van der Waals surface area (Å²) < 4.78 is 19.3. The molecule has 0 bridgehead atoms. The molecule has 2 aromatic rings. The average Bonchev–Trinajstić information content (AvgIpc) is 2.77. The molecule has 0 fully saturated rings. The van der Waals surface area contributed by atoms with Crippen molar-refractivity contribution in [2.75, 3.05) is 54.6 Å². The molecular formula is C24H40I2N2O3S2-2. The fourth-order valence-electron chi connectivity index (χ4n) is 2.64. The van der Waals surface area contributed by atoms with Crippen LogP contribution in [0.5, 0.6) is 11.5 Å². The van der Waals surface area contributed by atoms with Crippen LogP contribution in [0.2, 0.25) is 0 Å². The van der Waals surface area contributed by atoms with Crippen LogP contribution in [0.3, 0.4) is 0 Å². The van der Waals surface area contributed by atoms with Crippen LogP contribution >= 0.6 is 18.1 Å². The molecular weight excluding hydrogens is 682 g/mol. The molecule has 2 aromatic carbocycles. The van der Waals surface area contributed by atoms with E-state index in [1.54, 1.807) is 0 Å². The van der Waals surface area contributed by atoms with Gasteiger partial charge in [-0.1, -0.05) is 0 Å². The first-order valence-corrected chi connectivity index (χ1v) is 28.8. The Morgan fingerprint density at radius 2 is 1.18 bits per heavy atom. The molecule has 0 radical (unpaired) electrons. The topological polar surface area (TPSA) is 79.7 Å². The van der Waals surface area contributed by atoms with Gasteiger partial charge < -0.3 is 0 Å². The van der Waals surface area contributed by atoms with Crippen molar-refractivity contribution in [3.8, 4) is 11.5 Å². The Labute approximate surface area is 214 Å². The number of rotatable bonds is 16. The molecule has 192 valence electrons. The number of halogens is 2. The Hall–Kier alpha value is -0.240. The van der Waals surface area contributed by atoms with Gasteiger partial charge in [-0.15, -0.1) is 0 Å². The molecule has 0 amide bonds. The van der Waals surface area contributed by atoms with E-state index in [0.717, 1.165) is 61.1 Å². The minimum atomic E-state index is -2.17. The van der Waals surface area contributed by atoms with Gasteiger partial charge in [0.2, 0.25) is 0 Å². The van der Waals surface area contributed by atoms with E-state index in [9.17, 15) is 0 Å². The first kappa shape index (κ1) is 29.0. The SMILES string of the molecule is C[I-](C)(CCCCOc1ccc(N)cc1)SO[I-](C)(C)SCCCCOc1ccc(N)cc1. The van der Waals surface area contributed by atoms with Crippen molar-refractivity contribution in [3.05, 3.63) is 48.5 Å². The van der Waals surface area contributed by atoms with Crippen molar-refractivity contribution < 1.29 is 46.5 Å². The van der Waals surface area contributed by atoms with E-state index in [-0.39, 0.29) is 0 Å². The van der Waals surface area contributed by atoms with E-state index in [1.807, 2.05) is 57.7 Å². The second-order valence-corrected chi connectivity index (χ2v) is 38.5. The summed E-state index contributed by atoms with van der Waals surface area (Å²) in [6.45, 7) is 1.50. The maximum absolute atomic E-state index is 6.47. The third kappa shape index (κ3) is 13.4. The fraction of sp³-hybridized carbons (Fsp3) is 0.500. The number of alkyl halides is 5. The van der Waals surface area contributed by atoms with Gasteiger partial charge in [0.15, 0.2) is 0 Å². The molecule has 5 nitrogen and oxygen atoms in total. The van der Waals surface area contributed by atoms with Gasteiger partial charge in [0.05, 0.1) is 0 Å². The number of hydrogen-bond acceptors (Lipinski definition) is 7. The second-order valence-electron chi connectivity index (χ2n) is 8.27. The second kappa shape index (κ2) is 15.0. The van der Waals surface area contributed by atoms with Gasteiger partial charge in [0.25, 0.3) is 0 Å². The van der Waals surface area contributed by atoms with E-state index in [1.165, 1.54) is 10.8 Å². The zero-order valence-electron chi connectivity index (χ0n) is 20.2. The summed E-state index contributed by atoms with van der Waals surface area (Å²) in [6.07, 6.45) is 4.49. The van der Waals surface area contributed by atoms with Crippen molar-refractivity contribution >= 4 is 29.5 Å². The molecule has 0 saturated carbocycles. The van der Waals surface area contributed by atoms with E-state index >= 15 is 0 Å². The summed E-state index contributed by atoms with van der Waals surface area (Å²) in [7, 11) is 3.92. The molecule has 33 heavy (non-hydrogen) atoms. The first-order chi connectivity index (χ1) is 15.7. The summed E-state index contributed by atoms with van der Waals surface area (Å²) in [6, 6.07) is 15.2. The van der Waals surface area contributed by atoms with E-state index in [4.69, 9.17) is 23.5 Å². The number of anilines is 2. The third-order valence-corrected chi connectivity index (χ3v) is 26.1. The van der Waals surface area contributed by atoms with Crippen LogP contribution in [0.1, 0.15) is 25.7 Å². The van der Waals surface area contributed by atoms with Gasteiger partial charge in [-0.3, -0.25) is 0 Å². The Morgan fingerprint density at radius 1 is 0.697 bits per heavy atom. The Morgan fingerprint density at radius 3 is 1.70 bits per heavy atom. The Bertz CT molecular complexity index is 806. The molecule has 0 atom stereocenters. The molecule has 2 rings (SSSR count). The van der Waals surface area contributed by atoms with Crippen molar-refractivity contribution in [2.24, 2.45) is 0 Å². The van der Waals surface area contributed by atoms with Crippen molar-refractivity contribution in [1.29, 1.82) is 0 Å². The quantitative estimate of drug-likeness (QED) is 0.0822. The molecule has 0 unspecified atom stereocenters. The predicted molar refractivity (Wildman–Crippen MR) is 141 cm³/mol. The summed E-state index contributed by atoms with van der Waals surface area (Å²) in [5.74, 6) is 2.93. The number of ether oxygens (including phenoxy) is 2. The molecule has 0 spiro atoms. The van der Waals surface area contributed by atoms with Crippen molar-refractivity contribution in [2.45, 2.75) is 25.7 Å². The number of nitrogens with two attached hydrogens (primary N) is 2. The summed E-state index contributed by atoms with van der Waals surface area (Å²) in [5, 5.41) is 0. The first-order valence-electron chi connectivity index (χ1n) is 10.9. The van der Waals surface area contributed by atoms with Crippen LogP contribution < -0.4 is 55.5 Å². The Balaban J connectivity index is 1.52. The van der Waals surface area contributed by atoms with Gasteiger partial charge in [-0.05, 0) is 0 Å². The standard InChI is InChI=1S/C24H40I2N2O3S2/c1-25(2,17-5-6-18-29-23-13-9-21(27)10-14-23)33-31-26(3,4)32-20-8-7-19-30-24-15-11-22(28)12-16-24/h9-16H,5-8,17-20,27-28H2,1-4H3/q-2. The van der Waals surface area contributed by atoms with Gasteiger partial charge in [-0.2, -0.15) is 0 Å². The molecule has 0 aliphatic heterocycles. The molecule has 0 aromatic heterocycles. The molecule has 0 aliphatic carbocycles. The molecule has 0 aliphatic rings. The average molecular weight is 723 g/mol. The van der Waals surface area contributed by atoms with Crippen LogP contribution in [0, 0.1) is 0 Å². The zero-order chi connectivity index (χ0) is 24.2. The van der Waals surface area contributed by atoms with Crippen LogP contribution in [0.15, 0.2) is 48.5 Å². The molecule has 0 saturated heterocycles. The predicted octanol–water partition coefficient (Wildman–Crippen LogP) is -0.148. The normalized spacial score (nSPS) is 13.0. The van der Waals surface area contributed by atoms with E-state index < -0.39 is 34.5 Å². The van der Waals surface area contributed by atoms with Gasteiger partial charge in [0.1, 0.15) is 0 Å². The summed E-state index contributed by atoms with van der Waals surface area (Å²) in [4.78, 5) is 9.61. The van der Waals surface area contributed by atoms with Gasteiger partial charge in [-0.25, -0.2) is 0 Å². The van der Waals surface area contributed by atoms with Gasteiger partial charge in [0, 0.05) is 0 Å². The third-order valence-electron chi connectivity index (χ3n) is 4.51. The van der Waals surface area contributed by atoms with E-state index in [2.05, 4.69) is 28.7 Å². The Kier molecular flexibility index (Phi) is 13.2. The van der Waals surface area contributed by atoms with Crippen LogP contribution in [-0.2, 0) is 2.51 Å². The number of nitrogen functional groups attached to an aromatic ring is 2. The zero-order valence-corrected chi connectivity index (χ0v) is 26.2. The van der Waals surface area contributed by atoms with E-state index in [0.29, 0.717) is 0 Å². The molecule has 4 N–H and O–H groups in total. The summed E-state index contributed by atoms with van der Waals surface area (Å²) >= 11 is -4.05. The molecule has 9 heteroatoms. The van der Waals surface area contributed by atoms with Crippen LogP contribution in [-0.4, -0.2) is 43.1 Å². The van der Waals surface area contributed by atoms with Gasteiger partial charge >= 0.3 is 216 Å². The number of unbranched alkanes of at least 4 members (excludes halogenated alkanes) is 2. The number of benzene rings is 2.